The second-order valence-electron chi connectivity index (χ2n) is 7.17. The van der Waals surface area contributed by atoms with Crippen LogP contribution in [0.25, 0.3) is 0 Å². The Balaban J connectivity index is 0.00000243. The highest BCUT2D eigenvalue weighted by atomic mass is 127. The molecule has 0 aromatic carbocycles. The molecule has 0 aliphatic carbocycles. The monoisotopic (exact) mass is 473 g/mol. The van der Waals surface area contributed by atoms with Crippen molar-refractivity contribution in [2.45, 2.75) is 51.7 Å². The van der Waals surface area contributed by atoms with Gasteiger partial charge in [0, 0.05) is 39.0 Å². The summed E-state index contributed by atoms with van der Waals surface area (Å²) in [5.41, 5.74) is 1.12. The highest BCUT2D eigenvalue weighted by Crippen LogP contribution is 2.23. The zero-order chi connectivity index (χ0) is 17.5. The first-order chi connectivity index (χ1) is 12.2. The van der Waals surface area contributed by atoms with Crippen LogP contribution in [0.1, 0.15) is 45.1 Å². The molecule has 26 heavy (non-hydrogen) atoms. The van der Waals surface area contributed by atoms with Crippen molar-refractivity contribution in [3.05, 3.63) is 23.9 Å². The second-order valence-corrected chi connectivity index (χ2v) is 7.17. The molecule has 1 unspecified atom stereocenters. The van der Waals surface area contributed by atoms with Gasteiger partial charge in [-0.1, -0.05) is 0 Å². The van der Waals surface area contributed by atoms with Crippen molar-refractivity contribution in [1.29, 1.82) is 0 Å². The molecule has 2 aliphatic rings. The number of hydrogen-bond acceptors (Lipinski definition) is 4. The minimum Gasteiger partial charge on any atom is -0.373 e. The van der Waals surface area contributed by atoms with Crippen LogP contribution in [0.2, 0.25) is 0 Å². The molecule has 1 aromatic rings. The molecule has 7 heteroatoms. The number of nitrogens with one attached hydrogen (secondary N) is 2. The molecule has 6 nitrogen and oxygen atoms in total. The van der Waals surface area contributed by atoms with E-state index in [1.165, 1.54) is 18.4 Å². The van der Waals surface area contributed by atoms with Gasteiger partial charge in [0.05, 0.1) is 12.1 Å². The van der Waals surface area contributed by atoms with Crippen LogP contribution in [0.15, 0.2) is 23.3 Å². The lowest BCUT2D eigenvalue weighted by Gasteiger charge is -2.24. The lowest BCUT2D eigenvalue weighted by Crippen LogP contribution is -2.45. The molecule has 146 valence electrons. The Labute approximate surface area is 174 Å². The van der Waals surface area contributed by atoms with Crippen molar-refractivity contribution in [3.8, 4) is 0 Å². The molecule has 2 saturated heterocycles. The summed E-state index contributed by atoms with van der Waals surface area (Å²) in [6, 6.07) is 4.22. The van der Waals surface area contributed by atoms with Gasteiger partial charge < -0.3 is 20.3 Å². The molecule has 1 atom stereocenters. The van der Waals surface area contributed by atoms with E-state index >= 15 is 0 Å². The Bertz CT molecular complexity index is 583. The van der Waals surface area contributed by atoms with E-state index in [-0.39, 0.29) is 29.6 Å². The normalized spacial score (nSPS) is 23.0. The third kappa shape index (κ3) is 5.97. The predicted octanol–water partition coefficient (Wildman–Crippen LogP) is 2.92. The maximum absolute atomic E-state index is 5.85. The first kappa shape index (κ1) is 21.2. The summed E-state index contributed by atoms with van der Waals surface area (Å²) in [6.07, 6.45) is 6.66. The number of hydrogen-bond donors (Lipinski definition) is 2. The van der Waals surface area contributed by atoms with Crippen molar-refractivity contribution in [2.75, 3.05) is 37.7 Å². The molecule has 0 bridgehead atoms. The number of rotatable bonds is 6. The third-order valence-electron chi connectivity index (χ3n) is 4.93. The minimum absolute atomic E-state index is 0. The Hall–Kier alpha value is -1.09. The van der Waals surface area contributed by atoms with E-state index < -0.39 is 0 Å². The minimum atomic E-state index is -0.0736. The number of pyridine rings is 1. The summed E-state index contributed by atoms with van der Waals surface area (Å²) >= 11 is 0. The number of guanidine groups is 1. The molecule has 2 N–H and O–H groups in total. The number of halogens is 1. The van der Waals surface area contributed by atoms with E-state index in [9.17, 15) is 0 Å². The fourth-order valence-electron chi connectivity index (χ4n) is 3.44. The highest BCUT2D eigenvalue weighted by Gasteiger charge is 2.29. The first-order valence-electron chi connectivity index (χ1n) is 9.54. The van der Waals surface area contributed by atoms with Crippen molar-refractivity contribution in [2.24, 2.45) is 4.99 Å². The van der Waals surface area contributed by atoms with Gasteiger partial charge >= 0.3 is 0 Å². The van der Waals surface area contributed by atoms with Crippen LogP contribution < -0.4 is 15.5 Å². The van der Waals surface area contributed by atoms with Crippen molar-refractivity contribution in [3.63, 3.8) is 0 Å². The van der Waals surface area contributed by atoms with Crippen molar-refractivity contribution >= 4 is 35.8 Å². The molecular formula is C19H32IN5O. The van der Waals surface area contributed by atoms with Gasteiger partial charge in [0.1, 0.15) is 5.82 Å². The average molecular weight is 473 g/mol. The van der Waals surface area contributed by atoms with Crippen molar-refractivity contribution < 1.29 is 4.74 Å². The van der Waals surface area contributed by atoms with E-state index in [0.29, 0.717) is 6.54 Å². The molecule has 0 radical (unpaired) electrons. The van der Waals surface area contributed by atoms with Crippen LogP contribution in [-0.2, 0) is 11.3 Å². The van der Waals surface area contributed by atoms with Gasteiger partial charge in [0.2, 0.25) is 0 Å². The van der Waals surface area contributed by atoms with Crippen LogP contribution in [0.3, 0.4) is 0 Å². The van der Waals surface area contributed by atoms with Crippen LogP contribution in [0, 0.1) is 0 Å². The summed E-state index contributed by atoms with van der Waals surface area (Å²) in [5.74, 6) is 1.92. The van der Waals surface area contributed by atoms with Gasteiger partial charge in [-0.05, 0) is 57.2 Å². The van der Waals surface area contributed by atoms with E-state index in [0.717, 1.165) is 57.4 Å². The second kappa shape index (κ2) is 10.3. The molecule has 3 heterocycles. The molecule has 0 saturated carbocycles. The molecule has 1 aromatic heterocycles. The lowest BCUT2D eigenvalue weighted by molar-refractivity contribution is 0.0243. The standard InChI is InChI=1S/C19H31N5O.HI/c1-3-20-18(23-15-19(2)8-6-12-25-19)22-14-16-7-9-21-17(13-16)24-10-4-5-11-24;/h7,9,13H,3-6,8,10-12,14-15H2,1-2H3,(H2,20,22,23);1H. The Morgan fingerprint density at radius 3 is 2.81 bits per heavy atom. The molecule has 0 spiro atoms. The number of aliphatic imine (C=N–C) groups is 1. The summed E-state index contributed by atoms with van der Waals surface area (Å²) in [7, 11) is 0. The quantitative estimate of drug-likeness (QED) is 0.378. The predicted molar refractivity (Wildman–Crippen MR) is 118 cm³/mol. The maximum Gasteiger partial charge on any atom is 0.191 e. The zero-order valence-corrected chi connectivity index (χ0v) is 18.3. The first-order valence-corrected chi connectivity index (χ1v) is 9.54. The van der Waals surface area contributed by atoms with Gasteiger partial charge in [-0.15, -0.1) is 24.0 Å². The molecule has 3 rings (SSSR count). The number of aromatic nitrogens is 1. The van der Waals surface area contributed by atoms with E-state index in [1.54, 1.807) is 0 Å². The van der Waals surface area contributed by atoms with Crippen LogP contribution in [0.5, 0.6) is 0 Å². The van der Waals surface area contributed by atoms with Crippen LogP contribution >= 0.6 is 24.0 Å². The van der Waals surface area contributed by atoms with Gasteiger partial charge in [0.25, 0.3) is 0 Å². The van der Waals surface area contributed by atoms with E-state index in [2.05, 4.69) is 40.4 Å². The number of anilines is 1. The van der Waals surface area contributed by atoms with Gasteiger partial charge in [0.15, 0.2) is 5.96 Å². The zero-order valence-electron chi connectivity index (χ0n) is 16.0. The summed E-state index contributed by atoms with van der Waals surface area (Å²) < 4.78 is 5.85. The van der Waals surface area contributed by atoms with Gasteiger partial charge in [-0.25, -0.2) is 9.98 Å². The van der Waals surface area contributed by atoms with Crippen molar-refractivity contribution in [1.82, 2.24) is 15.6 Å². The van der Waals surface area contributed by atoms with Gasteiger partial charge in [-0.3, -0.25) is 0 Å². The van der Waals surface area contributed by atoms with E-state index in [4.69, 9.17) is 9.73 Å². The molecule has 0 amide bonds. The Morgan fingerprint density at radius 1 is 1.31 bits per heavy atom. The van der Waals surface area contributed by atoms with Gasteiger partial charge in [-0.2, -0.15) is 0 Å². The SMILES string of the molecule is CCNC(=NCc1ccnc(N2CCCC2)c1)NCC1(C)CCCO1.I. The molecule has 2 aliphatic heterocycles. The number of nitrogens with zero attached hydrogens (tertiary/aromatic N) is 3. The fraction of sp³-hybridized carbons (Fsp3) is 0.684. The lowest BCUT2D eigenvalue weighted by atomic mass is 10.0. The Morgan fingerprint density at radius 2 is 2.12 bits per heavy atom. The largest absolute Gasteiger partial charge is 0.373 e. The summed E-state index contributed by atoms with van der Waals surface area (Å²) in [5, 5.41) is 6.75. The molecular weight excluding hydrogens is 441 g/mol. The molecule has 2 fully saturated rings. The van der Waals surface area contributed by atoms with Crippen LogP contribution in [0.4, 0.5) is 5.82 Å². The summed E-state index contributed by atoms with van der Waals surface area (Å²) in [6.45, 7) is 9.63. The smallest absolute Gasteiger partial charge is 0.191 e. The average Bonchev–Trinajstić information content (AvgIpc) is 3.30. The number of ether oxygens (including phenoxy) is 1. The summed E-state index contributed by atoms with van der Waals surface area (Å²) in [4.78, 5) is 11.6. The highest BCUT2D eigenvalue weighted by molar-refractivity contribution is 14.0. The topological polar surface area (TPSA) is 61.8 Å². The van der Waals surface area contributed by atoms with E-state index in [1.807, 2.05) is 12.3 Å². The van der Waals surface area contributed by atoms with Crippen LogP contribution in [-0.4, -0.2) is 49.3 Å². The Kier molecular flexibility index (Phi) is 8.40. The fourth-order valence-corrected chi connectivity index (χ4v) is 3.44. The maximum atomic E-state index is 5.85. The third-order valence-corrected chi connectivity index (χ3v) is 4.93.